The van der Waals surface area contributed by atoms with Crippen molar-refractivity contribution in [3.05, 3.63) is 54.4 Å². The topological polar surface area (TPSA) is 27.1 Å². The van der Waals surface area contributed by atoms with Crippen LogP contribution in [0.5, 0.6) is 0 Å². The van der Waals surface area contributed by atoms with Crippen LogP contribution in [0.4, 0.5) is 4.39 Å². The fourth-order valence-electron chi connectivity index (χ4n) is 3.50. The average molecular weight is 389 g/mol. The number of halogens is 1. The number of hydrogen-bond acceptors (Lipinski definition) is 2. The molecular formula is C24H37FN2O. The van der Waals surface area contributed by atoms with E-state index in [1.807, 2.05) is 24.7 Å². The van der Waals surface area contributed by atoms with Gasteiger partial charge in [0.25, 0.3) is 0 Å². The van der Waals surface area contributed by atoms with E-state index in [-0.39, 0.29) is 11.9 Å². The lowest BCUT2D eigenvalue weighted by molar-refractivity contribution is 0.0335. The molecule has 0 N–H and O–H groups in total. The van der Waals surface area contributed by atoms with E-state index in [4.69, 9.17) is 4.74 Å². The summed E-state index contributed by atoms with van der Waals surface area (Å²) in [6.07, 6.45) is 19.5. The van der Waals surface area contributed by atoms with Crippen molar-refractivity contribution in [1.29, 1.82) is 0 Å². The van der Waals surface area contributed by atoms with Crippen molar-refractivity contribution in [2.24, 2.45) is 0 Å². The smallest absolute Gasteiger partial charge is 0.123 e. The fourth-order valence-corrected chi connectivity index (χ4v) is 3.50. The summed E-state index contributed by atoms with van der Waals surface area (Å²) in [7, 11) is 0. The standard InChI is InChI=1S/C24H37FN2O/c1-2-3-4-5-6-7-8-9-10-19-28-24(20-27-18-17-26-21-27)16-13-22-11-14-23(25)15-12-22/h11-12,14-15,17-18,21,24H,2-10,13,16,19-20H2,1H3. The Balaban J connectivity index is 1.63. The van der Waals surface area contributed by atoms with Gasteiger partial charge in [0.1, 0.15) is 5.82 Å². The SMILES string of the molecule is CCCCCCCCCCCOC(CCc1ccc(F)cc1)Cn1ccnc1. The molecule has 0 fully saturated rings. The highest BCUT2D eigenvalue weighted by molar-refractivity contribution is 5.16. The Kier molecular flexibility index (Phi) is 11.6. The monoisotopic (exact) mass is 388 g/mol. The van der Waals surface area contributed by atoms with E-state index in [9.17, 15) is 4.39 Å². The normalized spacial score (nSPS) is 12.4. The van der Waals surface area contributed by atoms with E-state index >= 15 is 0 Å². The number of aromatic nitrogens is 2. The maximum atomic E-state index is 13.1. The average Bonchev–Trinajstić information content (AvgIpc) is 3.21. The van der Waals surface area contributed by atoms with Gasteiger partial charge < -0.3 is 9.30 Å². The first kappa shape index (κ1) is 22.6. The molecule has 0 radical (unpaired) electrons. The highest BCUT2D eigenvalue weighted by Gasteiger charge is 2.11. The fraction of sp³-hybridized carbons (Fsp3) is 0.625. The van der Waals surface area contributed by atoms with Crippen LogP contribution in [-0.4, -0.2) is 22.3 Å². The molecule has 4 heteroatoms. The summed E-state index contributed by atoms with van der Waals surface area (Å²) in [4.78, 5) is 4.13. The van der Waals surface area contributed by atoms with Crippen molar-refractivity contribution < 1.29 is 9.13 Å². The third-order valence-electron chi connectivity index (χ3n) is 5.24. The lowest BCUT2D eigenvalue weighted by Crippen LogP contribution is -2.21. The van der Waals surface area contributed by atoms with Gasteiger partial charge >= 0.3 is 0 Å². The number of nitrogens with zero attached hydrogens (tertiary/aromatic N) is 2. The second-order valence-corrected chi connectivity index (χ2v) is 7.75. The van der Waals surface area contributed by atoms with Crippen LogP contribution in [0, 0.1) is 5.82 Å². The molecule has 0 saturated heterocycles. The highest BCUT2D eigenvalue weighted by Crippen LogP contribution is 2.13. The molecule has 1 aromatic carbocycles. The van der Waals surface area contributed by atoms with Gasteiger partial charge in [-0.15, -0.1) is 0 Å². The number of unbranched alkanes of at least 4 members (excludes halogenated alkanes) is 8. The summed E-state index contributed by atoms with van der Waals surface area (Å²) in [6.45, 7) is 3.90. The van der Waals surface area contributed by atoms with E-state index < -0.39 is 0 Å². The number of hydrogen-bond donors (Lipinski definition) is 0. The molecule has 28 heavy (non-hydrogen) atoms. The molecule has 1 heterocycles. The van der Waals surface area contributed by atoms with Gasteiger partial charge in [-0.05, 0) is 37.0 Å². The van der Waals surface area contributed by atoms with E-state index in [1.54, 1.807) is 6.20 Å². The molecule has 1 atom stereocenters. The molecule has 0 aliphatic heterocycles. The van der Waals surface area contributed by atoms with Crippen molar-refractivity contribution in [2.45, 2.75) is 90.2 Å². The second kappa shape index (κ2) is 14.3. The van der Waals surface area contributed by atoms with Gasteiger partial charge in [-0.3, -0.25) is 0 Å². The second-order valence-electron chi connectivity index (χ2n) is 7.75. The zero-order valence-electron chi connectivity index (χ0n) is 17.5. The Labute approximate surface area is 170 Å². The van der Waals surface area contributed by atoms with Crippen LogP contribution >= 0.6 is 0 Å². The summed E-state index contributed by atoms with van der Waals surface area (Å²) in [6, 6.07) is 6.79. The quantitative estimate of drug-likeness (QED) is 0.304. The van der Waals surface area contributed by atoms with Crippen LogP contribution in [0.25, 0.3) is 0 Å². The molecule has 0 amide bonds. The van der Waals surface area contributed by atoms with Crippen LogP contribution in [0.2, 0.25) is 0 Å². The first-order chi connectivity index (χ1) is 13.8. The van der Waals surface area contributed by atoms with Gasteiger partial charge in [-0.2, -0.15) is 0 Å². The van der Waals surface area contributed by atoms with E-state index in [1.165, 1.54) is 63.5 Å². The largest absolute Gasteiger partial charge is 0.376 e. The predicted octanol–water partition coefficient (Wildman–Crippen LogP) is 6.57. The van der Waals surface area contributed by atoms with Gasteiger partial charge in [0.05, 0.1) is 12.4 Å². The molecule has 2 rings (SSSR count). The third-order valence-corrected chi connectivity index (χ3v) is 5.24. The van der Waals surface area contributed by atoms with Gasteiger partial charge in [-0.1, -0.05) is 70.4 Å². The molecule has 0 aliphatic carbocycles. The summed E-state index contributed by atoms with van der Waals surface area (Å²) in [5, 5.41) is 0. The van der Waals surface area contributed by atoms with Crippen LogP contribution in [-0.2, 0) is 17.7 Å². The Hall–Kier alpha value is -1.68. The molecule has 0 saturated carbocycles. The number of ether oxygens (including phenoxy) is 1. The molecule has 3 nitrogen and oxygen atoms in total. The summed E-state index contributed by atoms with van der Waals surface area (Å²) < 4.78 is 21.3. The van der Waals surface area contributed by atoms with E-state index in [0.717, 1.165) is 38.0 Å². The van der Waals surface area contributed by atoms with Gasteiger partial charge in [0.2, 0.25) is 0 Å². The third kappa shape index (κ3) is 10.0. The van der Waals surface area contributed by atoms with Crippen molar-refractivity contribution in [3.8, 4) is 0 Å². The lowest BCUT2D eigenvalue weighted by atomic mass is 10.1. The van der Waals surface area contributed by atoms with Crippen LogP contribution in [0.1, 0.15) is 76.7 Å². The van der Waals surface area contributed by atoms with E-state index in [2.05, 4.69) is 16.5 Å². The summed E-state index contributed by atoms with van der Waals surface area (Å²) >= 11 is 0. The number of benzene rings is 1. The van der Waals surface area contributed by atoms with Gasteiger partial charge in [0, 0.05) is 25.5 Å². The van der Waals surface area contributed by atoms with E-state index in [0.29, 0.717) is 0 Å². The highest BCUT2D eigenvalue weighted by atomic mass is 19.1. The molecule has 0 bridgehead atoms. The number of imidazole rings is 1. The Morgan fingerprint density at radius 2 is 1.64 bits per heavy atom. The van der Waals surface area contributed by atoms with Crippen LogP contribution in [0.15, 0.2) is 43.0 Å². The van der Waals surface area contributed by atoms with Crippen LogP contribution in [0.3, 0.4) is 0 Å². The van der Waals surface area contributed by atoms with Crippen molar-refractivity contribution in [3.63, 3.8) is 0 Å². The van der Waals surface area contributed by atoms with Gasteiger partial charge in [0.15, 0.2) is 0 Å². The minimum Gasteiger partial charge on any atom is -0.376 e. The maximum Gasteiger partial charge on any atom is 0.123 e. The molecule has 156 valence electrons. The summed E-state index contributed by atoms with van der Waals surface area (Å²) in [5.41, 5.74) is 1.16. The summed E-state index contributed by atoms with van der Waals surface area (Å²) in [5.74, 6) is -0.180. The molecule has 1 unspecified atom stereocenters. The Morgan fingerprint density at radius 1 is 0.964 bits per heavy atom. The van der Waals surface area contributed by atoms with Crippen molar-refractivity contribution in [2.75, 3.05) is 6.61 Å². The van der Waals surface area contributed by atoms with Crippen molar-refractivity contribution in [1.82, 2.24) is 9.55 Å². The maximum absolute atomic E-state index is 13.1. The first-order valence-corrected chi connectivity index (χ1v) is 11.1. The molecule has 0 spiro atoms. The lowest BCUT2D eigenvalue weighted by Gasteiger charge is -2.18. The Bertz CT molecular complexity index is 598. The first-order valence-electron chi connectivity index (χ1n) is 11.1. The molecule has 2 aromatic rings. The molecule has 0 aliphatic rings. The zero-order valence-corrected chi connectivity index (χ0v) is 17.5. The van der Waals surface area contributed by atoms with Crippen LogP contribution < -0.4 is 0 Å². The van der Waals surface area contributed by atoms with Gasteiger partial charge in [-0.25, -0.2) is 9.37 Å². The molecule has 1 aromatic heterocycles. The predicted molar refractivity (Wildman–Crippen MR) is 114 cm³/mol. The number of rotatable bonds is 16. The minimum absolute atomic E-state index is 0.160. The Morgan fingerprint density at radius 3 is 2.29 bits per heavy atom. The minimum atomic E-state index is -0.180. The zero-order chi connectivity index (χ0) is 19.9. The number of aryl methyl sites for hydroxylation is 1. The van der Waals surface area contributed by atoms with Crippen molar-refractivity contribution >= 4 is 0 Å². The molecular weight excluding hydrogens is 351 g/mol.